The standard InChI is InChI=1S/C10H21NO4S.ClH/c1-3-5-8(6-4-2)16(14,15)7-9(11)10(12)13;/h8-9H,3-7,11H2,1-2H3,(H,12,13);1H. The Bertz CT molecular complexity index is 312. The van der Waals surface area contributed by atoms with Gasteiger partial charge in [0, 0.05) is 0 Å². The van der Waals surface area contributed by atoms with Crippen LogP contribution >= 0.6 is 12.4 Å². The van der Waals surface area contributed by atoms with Gasteiger partial charge in [-0.2, -0.15) is 0 Å². The van der Waals surface area contributed by atoms with Crippen molar-refractivity contribution in [3.63, 3.8) is 0 Å². The molecule has 17 heavy (non-hydrogen) atoms. The van der Waals surface area contributed by atoms with E-state index in [4.69, 9.17) is 10.8 Å². The Morgan fingerprint density at radius 3 is 1.94 bits per heavy atom. The van der Waals surface area contributed by atoms with Crippen molar-refractivity contribution >= 4 is 28.2 Å². The maximum Gasteiger partial charge on any atom is 0.321 e. The van der Waals surface area contributed by atoms with Crippen LogP contribution in [0.2, 0.25) is 0 Å². The van der Waals surface area contributed by atoms with E-state index in [1.54, 1.807) is 0 Å². The molecule has 104 valence electrons. The SMILES string of the molecule is CCCC(CCC)S(=O)(=O)CC(N)C(=O)O.Cl. The third-order valence-corrected chi connectivity index (χ3v) is 4.77. The Labute approximate surface area is 109 Å². The normalized spacial score (nSPS) is 13.2. The molecular weight excluding hydrogens is 266 g/mol. The highest BCUT2D eigenvalue weighted by molar-refractivity contribution is 7.92. The van der Waals surface area contributed by atoms with E-state index in [2.05, 4.69) is 0 Å². The highest BCUT2D eigenvalue weighted by Gasteiger charge is 2.28. The van der Waals surface area contributed by atoms with Gasteiger partial charge in [-0.25, -0.2) is 8.42 Å². The molecule has 0 aromatic heterocycles. The number of nitrogens with two attached hydrogens (primary N) is 1. The molecule has 0 aromatic rings. The zero-order valence-electron chi connectivity index (χ0n) is 10.3. The molecule has 5 nitrogen and oxygen atoms in total. The van der Waals surface area contributed by atoms with Gasteiger partial charge in [-0.05, 0) is 12.8 Å². The highest BCUT2D eigenvalue weighted by atomic mass is 35.5. The summed E-state index contributed by atoms with van der Waals surface area (Å²) in [7, 11) is -3.40. The quantitative estimate of drug-likeness (QED) is 0.699. The third-order valence-electron chi connectivity index (χ3n) is 2.46. The zero-order chi connectivity index (χ0) is 12.8. The first-order valence-electron chi connectivity index (χ1n) is 5.55. The number of carboxylic acid groups (broad SMARTS) is 1. The summed E-state index contributed by atoms with van der Waals surface area (Å²) in [6, 6.07) is -1.32. The minimum absolute atomic E-state index is 0. The van der Waals surface area contributed by atoms with Gasteiger partial charge in [0.2, 0.25) is 0 Å². The van der Waals surface area contributed by atoms with Crippen molar-refractivity contribution in [3.8, 4) is 0 Å². The molecule has 1 atom stereocenters. The van der Waals surface area contributed by atoms with Gasteiger partial charge in [-0.1, -0.05) is 26.7 Å². The van der Waals surface area contributed by atoms with Crippen LogP contribution in [0.15, 0.2) is 0 Å². The second kappa shape index (κ2) is 8.72. The molecule has 0 saturated carbocycles. The molecule has 0 spiro atoms. The molecule has 3 N–H and O–H groups in total. The van der Waals surface area contributed by atoms with Gasteiger partial charge in [0.15, 0.2) is 9.84 Å². The molecule has 0 aliphatic rings. The summed E-state index contributed by atoms with van der Waals surface area (Å²) in [6.45, 7) is 3.82. The minimum Gasteiger partial charge on any atom is -0.480 e. The summed E-state index contributed by atoms with van der Waals surface area (Å²) in [4.78, 5) is 10.5. The molecular formula is C10H22ClNO4S. The minimum atomic E-state index is -3.40. The second-order valence-corrected chi connectivity index (χ2v) is 6.30. The topological polar surface area (TPSA) is 97.5 Å². The summed E-state index contributed by atoms with van der Waals surface area (Å²) < 4.78 is 23.8. The van der Waals surface area contributed by atoms with Crippen molar-refractivity contribution < 1.29 is 18.3 Å². The van der Waals surface area contributed by atoms with E-state index in [0.717, 1.165) is 12.8 Å². The predicted octanol–water partition coefficient (Wildman–Crippen LogP) is 1.20. The van der Waals surface area contributed by atoms with Crippen LogP contribution in [0.1, 0.15) is 39.5 Å². The summed E-state index contributed by atoms with van der Waals surface area (Å²) in [6.07, 6.45) is 2.68. The van der Waals surface area contributed by atoms with Crippen LogP contribution in [-0.4, -0.2) is 36.5 Å². The number of sulfone groups is 1. The van der Waals surface area contributed by atoms with Crippen LogP contribution in [0.25, 0.3) is 0 Å². The molecule has 0 aromatic carbocycles. The van der Waals surface area contributed by atoms with Gasteiger partial charge < -0.3 is 10.8 Å². The Kier molecular flexibility index (Phi) is 9.75. The Balaban J connectivity index is 0. The maximum atomic E-state index is 11.9. The van der Waals surface area contributed by atoms with Gasteiger partial charge in [0.1, 0.15) is 6.04 Å². The van der Waals surface area contributed by atoms with Gasteiger partial charge in [0.25, 0.3) is 0 Å². The van der Waals surface area contributed by atoms with E-state index in [1.165, 1.54) is 0 Å². The summed E-state index contributed by atoms with van der Waals surface area (Å²) in [5, 5.41) is 8.15. The van der Waals surface area contributed by atoms with E-state index < -0.39 is 32.9 Å². The Morgan fingerprint density at radius 1 is 1.24 bits per heavy atom. The number of hydrogen-bond donors (Lipinski definition) is 2. The number of hydrogen-bond acceptors (Lipinski definition) is 4. The van der Waals surface area contributed by atoms with E-state index in [-0.39, 0.29) is 12.4 Å². The smallest absolute Gasteiger partial charge is 0.321 e. The number of halogens is 1. The molecule has 0 aliphatic carbocycles. The first-order valence-corrected chi connectivity index (χ1v) is 7.26. The number of rotatable bonds is 8. The first kappa shape index (κ1) is 19.0. The lowest BCUT2D eigenvalue weighted by atomic mass is 10.2. The van der Waals surface area contributed by atoms with E-state index in [1.807, 2.05) is 13.8 Å². The van der Waals surface area contributed by atoms with Gasteiger partial charge in [-0.15, -0.1) is 12.4 Å². The van der Waals surface area contributed by atoms with Crippen molar-refractivity contribution in [1.29, 1.82) is 0 Å². The van der Waals surface area contributed by atoms with Crippen molar-refractivity contribution in [2.75, 3.05) is 5.75 Å². The van der Waals surface area contributed by atoms with Gasteiger partial charge in [-0.3, -0.25) is 4.79 Å². The zero-order valence-corrected chi connectivity index (χ0v) is 11.9. The van der Waals surface area contributed by atoms with Crippen LogP contribution in [0, 0.1) is 0 Å². The summed E-state index contributed by atoms with van der Waals surface area (Å²) in [5.41, 5.74) is 5.25. The lowest BCUT2D eigenvalue weighted by Crippen LogP contribution is -2.40. The maximum absolute atomic E-state index is 11.9. The molecule has 1 unspecified atom stereocenters. The molecule has 0 heterocycles. The van der Waals surface area contributed by atoms with E-state index in [0.29, 0.717) is 12.8 Å². The fraction of sp³-hybridized carbons (Fsp3) is 0.900. The van der Waals surface area contributed by atoms with Crippen molar-refractivity contribution in [3.05, 3.63) is 0 Å². The van der Waals surface area contributed by atoms with Crippen LogP contribution in [-0.2, 0) is 14.6 Å². The van der Waals surface area contributed by atoms with Crippen LogP contribution < -0.4 is 5.73 Å². The number of carboxylic acids is 1. The van der Waals surface area contributed by atoms with Gasteiger partial charge in [0.05, 0.1) is 11.0 Å². The lowest BCUT2D eigenvalue weighted by Gasteiger charge is -2.17. The monoisotopic (exact) mass is 287 g/mol. The number of carbonyl (C=O) groups is 1. The molecule has 0 radical (unpaired) electrons. The Morgan fingerprint density at radius 2 is 1.65 bits per heavy atom. The fourth-order valence-electron chi connectivity index (χ4n) is 1.61. The van der Waals surface area contributed by atoms with E-state index >= 15 is 0 Å². The van der Waals surface area contributed by atoms with Crippen LogP contribution in [0.3, 0.4) is 0 Å². The first-order chi connectivity index (χ1) is 7.35. The summed E-state index contributed by atoms with van der Waals surface area (Å²) in [5.74, 6) is -1.73. The molecule has 0 amide bonds. The Hall–Kier alpha value is -0.330. The molecule has 0 aliphatic heterocycles. The fourth-order valence-corrected chi connectivity index (χ4v) is 3.71. The average molecular weight is 288 g/mol. The van der Waals surface area contributed by atoms with E-state index in [9.17, 15) is 13.2 Å². The average Bonchev–Trinajstić information content (AvgIpc) is 2.16. The second-order valence-electron chi connectivity index (χ2n) is 3.97. The van der Waals surface area contributed by atoms with Crippen molar-refractivity contribution in [2.24, 2.45) is 5.73 Å². The van der Waals surface area contributed by atoms with Gasteiger partial charge >= 0.3 is 5.97 Å². The number of aliphatic carboxylic acids is 1. The molecule has 0 fully saturated rings. The predicted molar refractivity (Wildman–Crippen MR) is 70.3 cm³/mol. The van der Waals surface area contributed by atoms with Crippen LogP contribution in [0.4, 0.5) is 0 Å². The largest absolute Gasteiger partial charge is 0.480 e. The molecule has 0 rings (SSSR count). The summed E-state index contributed by atoms with van der Waals surface area (Å²) >= 11 is 0. The lowest BCUT2D eigenvalue weighted by molar-refractivity contribution is -0.137. The third kappa shape index (κ3) is 6.85. The molecule has 7 heteroatoms. The molecule has 0 bridgehead atoms. The molecule has 0 saturated heterocycles. The van der Waals surface area contributed by atoms with Crippen molar-refractivity contribution in [1.82, 2.24) is 0 Å². The van der Waals surface area contributed by atoms with Crippen LogP contribution in [0.5, 0.6) is 0 Å². The van der Waals surface area contributed by atoms with Crippen molar-refractivity contribution in [2.45, 2.75) is 50.8 Å². The highest BCUT2D eigenvalue weighted by Crippen LogP contribution is 2.16.